The summed E-state index contributed by atoms with van der Waals surface area (Å²) in [5.74, 6) is 1.04. The number of ether oxygens (including phenoxy) is 1. The van der Waals surface area contributed by atoms with Crippen LogP contribution in [-0.4, -0.2) is 6.61 Å². The van der Waals surface area contributed by atoms with Gasteiger partial charge in [0.15, 0.2) is 0 Å². The van der Waals surface area contributed by atoms with Crippen molar-refractivity contribution in [3.8, 4) is 5.75 Å². The van der Waals surface area contributed by atoms with Crippen LogP contribution in [0.2, 0.25) is 10.0 Å². The molecule has 1 aromatic carbocycles. The van der Waals surface area contributed by atoms with Crippen molar-refractivity contribution in [3.63, 3.8) is 0 Å². The lowest BCUT2D eigenvalue weighted by atomic mass is 9.66. The minimum atomic E-state index is -0.110. The summed E-state index contributed by atoms with van der Waals surface area (Å²) in [6, 6.07) is 3.66. The summed E-state index contributed by atoms with van der Waals surface area (Å²) >= 11 is 19.5. The van der Waals surface area contributed by atoms with Crippen LogP contribution in [0.1, 0.15) is 57.4 Å². The van der Waals surface area contributed by atoms with Gasteiger partial charge in [-0.3, -0.25) is 0 Å². The molecule has 21 heavy (non-hydrogen) atoms. The van der Waals surface area contributed by atoms with Crippen LogP contribution in [0.15, 0.2) is 12.1 Å². The molecule has 0 aromatic heterocycles. The molecule has 1 nitrogen and oxygen atoms in total. The number of benzene rings is 1. The van der Waals surface area contributed by atoms with E-state index in [2.05, 4.69) is 13.8 Å². The standard InChI is InChI=1S/C17H23Cl3O/c1-4-21-15-10-13(18)11(9-14(15)19)16(20)12-7-5-6-8-17(12,2)3/h9-10,12,16H,4-8H2,1-3H3. The van der Waals surface area contributed by atoms with Crippen LogP contribution in [-0.2, 0) is 0 Å². The second kappa shape index (κ2) is 6.98. The second-order valence-electron chi connectivity index (χ2n) is 6.48. The molecular formula is C17H23Cl3O. The van der Waals surface area contributed by atoms with Gasteiger partial charge in [0.05, 0.1) is 17.0 Å². The summed E-state index contributed by atoms with van der Waals surface area (Å²) in [4.78, 5) is 0. The molecule has 0 amide bonds. The average Bonchev–Trinajstić information content (AvgIpc) is 2.41. The van der Waals surface area contributed by atoms with Crippen molar-refractivity contribution in [2.75, 3.05) is 6.61 Å². The Morgan fingerprint density at radius 1 is 1.24 bits per heavy atom. The van der Waals surface area contributed by atoms with Crippen LogP contribution >= 0.6 is 34.8 Å². The number of halogens is 3. The van der Waals surface area contributed by atoms with Crippen LogP contribution in [0.25, 0.3) is 0 Å². The predicted octanol–water partition coefficient (Wildman–Crippen LogP) is 6.89. The zero-order chi connectivity index (χ0) is 15.6. The third-order valence-electron chi connectivity index (χ3n) is 4.59. The van der Waals surface area contributed by atoms with E-state index in [4.69, 9.17) is 39.5 Å². The zero-order valence-corrected chi connectivity index (χ0v) is 15.2. The molecule has 0 N–H and O–H groups in total. The minimum absolute atomic E-state index is 0.110. The fourth-order valence-corrected chi connectivity index (χ4v) is 4.50. The largest absolute Gasteiger partial charge is 0.492 e. The number of alkyl halides is 1. The zero-order valence-electron chi connectivity index (χ0n) is 12.9. The van der Waals surface area contributed by atoms with E-state index in [1.54, 1.807) is 6.07 Å². The van der Waals surface area contributed by atoms with Gasteiger partial charge in [0.2, 0.25) is 0 Å². The molecule has 0 spiro atoms. The molecule has 0 radical (unpaired) electrons. The molecule has 1 fully saturated rings. The molecule has 0 heterocycles. The Kier molecular flexibility index (Phi) is 5.73. The van der Waals surface area contributed by atoms with Crippen molar-refractivity contribution < 1.29 is 4.74 Å². The fraction of sp³-hybridized carbons (Fsp3) is 0.647. The summed E-state index contributed by atoms with van der Waals surface area (Å²) in [5, 5.41) is 1.11. The normalized spacial score (nSPS) is 22.9. The van der Waals surface area contributed by atoms with Gasteiger partial charge in [-0.2, -0.15) is 0 Å². The molecule has 0 bridgehead atoms. The predicted molar refractivity (Wildman–Crippen MR) is 92.0 cm³/mol. The van der Waals surface area contributed by atoms with E-state index >= 15 is 0 Å². The van der Waals surface area contributed by atoms with Gasteiger partial charge in [0, 0.05) is 11.1 Å². The Morgan fingerprint density at radius 3 is 2.57 bits per heavy atom. The number of hydrogen-bond donors (Lipinski definition) is 0. The third-order valence-corrected chi connectivity index (χ3v) is 5.75. The van der Waals surface area contributed by atoms with E-state index in [0.29, 0.717) is 28.3 Å². The van der Waals surface area contributed by atoms with Gasteiger partial charge in [-0.1, -0.05) is 49.9 Å². The first-order valence-corrected chi connectivity index (χ1v) is 8.82. The maximum absolute atomic E-state index is 6.79. The molecule has 1 saturated carbocycles. The first kappa shape index (κ1) is 17.2. The lowest BCUT2D eigenvalue weighted by Gasteiger charge is -2.41. The van der Waals surface area contributed by atoms with Gasteiger partial charge in [0.25, 0.3) is 0 Å². The molecule has 0 aliphatic heterocycles. The summed E-state index contributed by atoms with van der Waals surface area (Å²) < 4.78 is 5.48. The molecule has 1 aliphatic carbocycles. The Hall–Kier alpha value is -0.110. The van der Waals surface area contributed by atoms with Crippen molar-refractivity contribution in [1.29, 1.82) is 0 Å². The Labute approximate surface area is 142 Å². The molecule has 118 valence electrons. The van der Waals surface area contributed by atoms with Crippen LogP contribution in [0.5, 0.6) is 5.75 Å². The maximum atomic E-state index is 6.79. The van der Waals surface area contributed by atoms with Gasteiger partial charge in [-0.15, -0.1) is 11.6 Å². The molecular weight excluding hydrogens is 327 g/mol. The van der Waals surface area contributed by atoms with Gasteiger partial charge in [0.1, 0.15) is 5.75 Å². The number of rotatable bonds is 4. The summed E-state index contributed by atoms with van der Waals surface area (Å²) in [6.07, 6.45) is 4.87. The van der Waals surface area contributed by atoms with Crippen molar-refractivity contribution in [3.05, 3.63) is 27.7 Å². The highest BCUT2D eigenvalue weighted by Crippen LogP contribution is 2.51. The fourth-order valence-electron chi connectivity index (χ4n) is 3.30. The third kappa shape index (κ3) is 3.81. The maximum Gasteiger partial charge on any atom is 0.139 e. The monoisotopic (exact) mass is 348 g/mol. The molecule has 2 atom stereocenters. The Bertz CT molecular complexity index is 499. The highest BCUT2D eigenvalue weighted by atomic mass is 35.5. The molecule has 2 rings (SSSR count). The average molecular weight is 350 g/mol. The van der Waals surface area contributed by atoms with Gasteiger partial charge in [-0.25, -0.2) is 0 Å². The first-order valence-electron chi connectivity index (χ1n) is 7.62. The lowest BCUT2D eigenvalue weighted by Crippen LogP contribution is -2.31. The van der Waals surface area contributed by atoms with Crippen molar-refractivity contribution in [1.82, 2.24) is 0 Å². The van der Waals surface area contributed by atoms with E-state index in [9.17, 15) is 0 Å². The van der Waals surface area contributed by atoms with E-state index in [-0.39, 0.29) is 10.8 Å². The highest BCUT2D eigenvalue weighted by Gasteiger charge is 2.38. The summed E-state index contributed by atoms with van der Waals surface area (Å²) in [7, 11) is 0. The van der Waals surface area contributed by atoms with Crippen molar-refractivity contribution >= 4 is 34.8 Å². The van der Waals surface area contributed by atoms with Crippen LogP contribution < -0.4 is 4.74 Å². The Balaban J connectivity index is 2.30. The van der Waals surface area contributed by atoms with E-state index < -0.39 is 0 Å². The van der Waals surface area contributed by atoms with Crippen LogP contribution in [0.3, 0.4) is 0 Å². The quantitative estimate of drug-likeness (QED) is 0.538. The topological polar surface area (TPSA) is 9.23 Å². The summed E-state index contributed by atoms with van der Waals surface area (Å²) in [6.45, 7) is 7.09. The SMILES string of the molecule is CCOc1cc(Cl)c(C(Cl)C2CCCCC2(C)C)cc1Cl. The molecule has 4 heteroatoms. The van der Waals surface area contributed by atoms with E-state index in [1.165, 1.54) is 19.3 Å². The van der Waals surface area contributed by atoms with Crippen molar-refractivity contribution in [2.45, 2.75) is 51.8 Å². The minimum Gasteiger partial charge on any atom is -0.492 e. The molecule has 2 unspecified atom stereocenters. The van der Waals surface area contributed by atoms with E-state index in [1.807, 2.05) is 13.0 Å². The summed E-state index contributed by atoms with van der Waals surface area (Å²) in [5.41, 5.74) is 1.16. The molecule has 0 saturated heterocycles. The van der Waals surface area contributed by atoms with Crippen LogP contribution in [0.4, 0.5) is 0 Å². The van der Waals surface area contributed by atoms with Crippen LogP contribution in [0, 0.1) is 11.3 Å². The second-order valence-corrected chi connectivity index (χ2v) is 7.76. The van der Waals surface area contributed by atoms with E-state index in [0.717, 1.165) is 12.0 Å². The van der Waals surface area contributed by atoms with Gasteiger partial charge < -0.3 is 4.74 Å². The van der Waals surface area contributed by atoms with Crippen molar-refractivity contribution in [2.24, 2.45) is 11.3 Å². The smallest absolute Gasteiger partial charge is 0.139 e. The molecule has 1 aromatic rings. The molecule has 1 aliphatic rings. The highest BCUT2D eigenvalue weighted by molar-refractivity contribution is 6.35. The first-order chi connectivity index (χ1) is 9.86. The van der Waals surface area contributed by atoms with Gasteiger partial charge >= 0.3 is 0 Å². The lowest BCUT2D eigenvalue weighted by molar-refractivity contribution is 0.133. The Morgan fingerprint density at radius 2 is 1.95 bits per heavy atom. The van der Waals surface area contributed by atoms with Gasteiger partial charge in [-0.05, 0) is 42.7 Å². The number of hydrogen-bond acceptors (Lipinski definition) is 1.